The molecule has 2 aromatic heterocycles. The largest absolute Gasteiger partial charge is 0.384 e. The molecule has 100 valence electrons. The molecular weight excluding hydrogens is 258 g/mol. The Morgan fingerprint density at radius 1 is 1.42 bits per heavy atom. The molecule has 3 N–H and O–H groups in total. The minimum atomic E-state index is -0.174. The first-order chi connectivity index (χ1) is 9.15. The van der Waals surface area contributed by atoms with Gasteiger partial charge in [-0.25, -0.2) is 0 Å². The summed E-state index contributed by atoms with van der Waals surface area (Å²) in [6.07, 6.45) is 1.94. The van der Waals surface area contributed by atoms with E-state index in [-0.39, 0.29) is 17.0 Å². The van der Waals surface area contributed by atoms with Gasteiger partial charge in [0.15, 0.2) is 0 Å². The van der Waals surface area contributed by atoms with Crippen LogP contribution in [0.1, 0.15) is 25.3 Å². The molecule has 0 saturated heterocycles. The van der Waals surface area contributed by atoms with Crippen LogP contribution in [0, 0.1) is 5.41 Å². The molecule has 0 aliphatic heterocycles. The lowest BCUT2D eigenvalue weighted by Crippen LogP contribution is -2.30. The maximum atomic E-state index is 12.4. The molecule has 0 aromatic carbocycles. The fourth-order valence-electron chi connectivity index (χ4n) is 1.96. The predicted molar refractivity (Wildman–Crippen MR) is 79.9 cm³/mol. The monoisotopic (exact) mass is 275 g/mol. The number of hydrogen-bond acceptors (Lipinski definition) is 3. The summed E-state index contributed by atoms with van der Waals surface area (Å²) in [5.74, 6) is -0.173. The molecule has 2 rings (SSSR count). The Kier molecular flexibility index (Phi) is 4.16. The van der Waals surface area contributed by atoms with Crippen LogP contribution >= 0.6 is 11.3 Å². The van der Waals surface area contributed by atoms with Crippen LogP contribution in [0.4, 0.5) is 0 Å². The van der Waals surface area contributed by atoms with Gasteiger partial charge < -0.3 is 10.3 Å². The Balaban J connectivity index is 2.58. The lowest BCUT2D eigenvalue weighted by Gasteiger charge is -2.13. The first-order valence-electron chi connectivity index (χ1n) is 6.27. The van der Waals surface area contributed by atoms with E-state index < -0.39 is 0 Å². The molecule has 0 unspecified atom stereocenters. The molecule has 0 atom stereocenters. The van der Waals surface area contributed by atoms with E-state index in [1.54, 1.807) is 22.0 Å². The second-order valence-electron chi connectivity index (χ2n) is 4.33. The summed E-state index contributed by atoms with van der Waals surface area (Å²) in [5.41, 5.74) is 6.46. The van der Waals surface area contributed by atoms with E-state index in [1.165, 1.54) is 0 Å². The van der Waals surface area contributed by atoms with Gasteiger partial charge >= 0.3 is 0 Å². The lowest BCUT2D eigenvalue weighted by atomic mass is 10.2. The van der Waals surface area contributed by atoms with Crippen molar-refractivity contribution in [3.8, 4) is 10.6 Å². The van der Waals surface area contributed by atoms with Crippen LogP contribution < -0.4 is 11.3 Å². The van der Waals surface area contributed by atoms with Crippen LogP contribution in [-0.2, 0) is 6.54 Å². The van der Waals surface area contributed by atoms with Crippen molar-refractivity contribution in [3.05, 3.63) is 45.6 Å². The highest BCUT2D eigenvalue weighted by Crippen LogP contribution is 2.24. The fraction of sp³-hybridized carbons (Fsp3) is 0.286. The van der Waals surface area contributed by atoms with Crippen molar-refractivity contribution in [2.45, 2.75) is 26.3 Å². The van der Waals surface area contributed by atoms with Gasteiger partial charge in [0, 0.05) is 6.54 Å². The minimum Gasteiger partial charge on any atom is -0.384 e. The van der Waals surface area contributed by atoms with Gasteiger partial charge in [-0.1, -0.05) is 19.4 Å². The summed E-state index contributed by atoms with van der Waals surface area (Å²) in [6, 6.07) is 7.48. The first kappa shape index (κ1) is 13.5. The van der Waals surface area contributed by atoms with Crippen LogP contribution in [0.15, 0.2) is 34.4 Å². The van der Waals surface area contributed by atoms with Crippen molar-refractivity contribution in [1.82, 2.24) is 4.57 Å². The number of nitrogens with zero attached hydrogens (tertiary/aromatic N) is 1. The van der Waals surface area contributed by atoms with Gasteiger partial charge in [-0.2, -0.15) is 0 Å². The number of unbranched alkanes of at least 4 members (excludes halogenated alkanes) is 1. The average molecular weight is 275 g/mol. The molecule has 0 spiro atoms. The van der Waals surface area contributed by atoms with Crippen molar-refractivity contribution in [2.24, 2.45) is 5.73 Å². The quantitative estimate of drug-likeness (QED) is 0.650. The van der Waals surface area contributed by atoms with Crippen molar-refractivity contribution in [2.75, 3.05) is 0 Å². The van der Waals surface area contributed by atoms with E-state index in [4.69, 9.17) is 11.1 Å². The van der Waals surface area contributed by atoms with Crippen molar-refractivity contribution in [3.63, 3.8) is 0 Å². The molecule has 0 radical (unpaired) electrons. The third-order valence-electron chi connectivity index (χ3n) is 2.97. The van der Waals surface area contributed by atoms with Gasteiger partial charge in [0.05, 0.1) is 16.1 Å². The highest BCUT2D eigenvalue weighted by molar-refractivity contribution is 7.13. The van der Waals surface area contributed by atoms with E-state index >= 15 is 0 Å². The summed E-state index contributed by atoms with van der Waals surface area (Å²) in [7, 11) is 0. The standard InChI is InChI=1S/C14H17N3OS/c1-2-3-8-17-11(12-5-4-9-19-12)7-6-10(13(15)16)14(17)18/h4-7,9H,2-3,8H2,1H3,(H3,15,16). The molecule has 0 saturated carbocycles. The summed E-state index contributed by atoms with van der Waals surface area (Å²) < 4.78 is 1.73. The smallest absolute Gasteiger partial charge is 0.262 e. The Bertz CT molecular complexity index is 629. The van der Waals surface area contributed by atoms with E-state index in [9.17, 15) is 4.79 Å². The molecule has 0 amide bonds. The molecule has 4 nitrogen and oxygen atoms in total. The number of nitrogens with two attached hydrogens (primary N) is 1. The SMILES string of the molecule is CCCCn1c(-c2cccs2)ccc(C(=N)N)c1=O. The number of nitrogen functional groups attached to an aromatic ring is 1. The summed E-state index contributed by atoms with van der Waals surface area (Å²) in [4.78, 5) is 13.4. The first-order valence-corrected chi connectivity index (χ1v) is 7.15. The number of pyridine rings is 1. The number of nitrogens with one attached hydrogen (secondary N) is 1. The molecular formula is C14H17N3OS. The van der Waals surface area contributed by atoms with Crippen molar-refractivity contribution < 1.29 is 0 Å². The molecule has 5 heteroatoms. The fourth-order valence-corrected chi connectivity index (χ4v) is 2.72. The topological polar surface area (TPSA) is 71.9 Å². The maximum absolute atomic E-state index is 12.4. The zero-order chi connectivity index (χ0) is 13.8. The molecule has 0 bridgehead atoms. The highest BCUT2D eigenvalue weighted by Gasteiger charge is 2.12. The molecule has 0 aliphatic rings. The third-order valence-corrected chi connectivity index (χ3v) is 3.87. The predicted octanol–water partition coefficient (Wildman–Crippen LogP) is 2.66. The molecule has 0 fully saturated rings. The summed E-state index contributed by atoms with van der Waals surface area (Å²) >= 11 is 1.60. The zero-order valence-electron chi connectivity index (χ0n) is 10.8. The van der Waals surface area contributed by atoms with Crippen molar-refractivity contribution >= 4 is 17.2 Å². The number of thiophene rings is 1. The Labute approximate surface area is 116 Å². The molecule has 19 heavy (non-hydrogen) atoms. The third kappa shape index (κ3) is 2.76. The Hall–Kier alpha value is -1.88. The van der Waals surface area contributed by atoms with Crippen molar-refractivity contribution in [1.29, 1.82) is 5.41 Å². The molecule has 2 heterocycles. The number of rotatable bonds is 5. The van der Waals surface area contributed by atoms with Gasteiger partial charge in [0.1, 0.15) is 5.84 Å². The number of aromatic nitrogens is 1. The van der Waals surface area contributed by atoms with Crippen LogP contribution in [0.5, 0.6) is 0 Å². The molecule has 2 aromatic rings. The van der Waals surface area contributed by atoms with Crippen LogP contribution in [0.2, 0.25) is 0 Å². The highest BCUT2D eigenvalue weighted by atomic mass is 32.1. The van der Waals surface area contributed by atoms with Gasteiger partial charge in [-0.05, 0) is 30.0 Å². The number of hydrogen-bond donors (Lipinski definition) is 2. The summed E-state index contributed by atoms with van der Waals surface area (Å²) in [6.45, 7) is 2.74. The normalized spacial score (nSPS) is 10.6. The second-order valence-corrected chi connectivity index (χ2v) is 5.28. The second kappa shape index (κ2) is 5.84. The van der Waals surface area contributed by atoms with E-state index in [1.807, 2.05) is 23.6 Å². The van der Waals surface area contributed by atoms with Gasteiger partial charge in [-0.15, -0.1) is 11.3 Å². The maximum Gasteiger partial charge on any atom is 0.262 e. The molecule has 0 aliphatic carbocycles. The van der Waals surface area contributed by atoms with E-state index in [0.717, 1.165) is 23.4 Å². The zero-order valence-corrected chi connectivity index (χ0v) is 11.7. The van der Waals surface area contributed by atoms with E-state index in [0.29, 0.717) is 6.54 Å². The van der Waals surface area contributed by atoms with Gasteiger partial charge in [-0.3, -0.25) is 10.2 Å². The van der Waals surface area contributed by atoms with Gasteiger partial charge in [0.25, 0.3) is 5.56 Å². The number of amidine groups is 1. The van der Waals surface area contributed by atoms with Gasteiger partial charge in [0.2, 0.25) is 0 Å². The van der Waals surface area contributed by atoms with E-state index in [2.05, 4.69) is 6.92 Å². The van der Waals surface area contributed by atoms with Crippen LogP contribution in [0.25, 0.3) is 10.6 Å². The van der Waals surface area contributed by atoms with Crippen LogP contribution in [0.3, 0.4) is 0 Å². The Morgan fingerprint density at radius 3 is 2.79 bits per heavy atom. The average Bonchev–Trinajstić information content (AvgIpc) is 2.90. The minimum absolute atomic E-state index is 0.173. The van der Waals surface area contributed by atoms with Crippen LogP contribution in [-0.4, -0.2) is 10.4 Å². The Morgan fingerprint density at radius 2 is 2.21 bits per heavy atom. The lowest BCUT2D eigenvalue weighted by molar-refractivity contribution is 0.618. The summed E-state index contributed by atoms with van der Waals surface area (Å²) in [5, 5.41) is 9.45.